The van der Waals surface area contributed by atoms with Gasteiger partial charge in [0.1, 0.15) is 0 Å². The number of benzene rings is 1. The first-order chi connectivity index (χ1) is 9.13. The molecule has 0 aliphatic rings. The van der Waals surface area contributed by atoms with Gasteiger partial charge in [-0.2, -0.15) is 0 Å². The molecule has 2 rings (SSSR count). The Hall–Kier alpha value is -1.50. The molecule has 1 nitrogen and oxygen atoms in total. The fourth-order valence-electron chi connectivity index (χ4n) is 2.51. The Labute approximate surface area is 117 Å². The molecule has 1 heterocycles. The molecule has 102 valence electrons. The number of H-pyrrole nitrogens is 1. The zero-order valence-electron chi connectivity index (χ0n) is 12.5. The Balaban J connectivity index is 2.38. The van der Waals surface area contributed by atoms with E-state index < -0.39 is 0 Å². The van der Waals surface area contributed by atoms with Gasteiger partial charge < -0.3 is 4.98 Å². The molecule has 0 saturated heterocycles. The number of aromatic amines is 1. The van der Waals surface area contributed by atoms with Crippen LogP contribution in [0.15, 0.2) is 36.4 Å². The smallest absolute Gasteiger partial charge is 0.0458 e. The zero-order valence-corrected chi connectivity index (χ0v) is 12.5. The van der Waals surface area contributed by atoms with Crippen molar-refractivity contribution >= 4 is 0 Å². The van der Waals surface area contributed by atoms with E-state index in [1.54, 1.807) is 0 Å². The van der Waals surface area contributed by atoms with Gasteiger partial charge in [0.2, 0.25) is 0 Å². The van der Waals surface area contributed by atoms with E-state index in [0.29, 0.717) is 11.8 Å². The lowest BCUT2D eigenvalue weighted by molar-refractivity contribution is 0.536. The Morgan fingerprint density at radius 3 is 2.42 bits per heavy atom. The van der Waals surface area contributed by atoms with Gasteiger partial charge in [-0.1, -0.05) is 58.4 Å². The van der Waals surface area contributed by atoms with Gasteiger partial charge in [0.25, 0.3) is 0 Å². The van der Waals surface area contributed by atoms with Crippen molar-refractivity contribution in [1.82, 2.24) is 4.98 Å². The number of rotatable bonds is 5. The van der Waals surface area contributed by atoms with Crippen LogP contribution >= 0.6 is 0 Å². The highest BCUT2D eigenvalue weighted by Gasteiger charge is 2.15. The van der Waals surface area contributed by atoms with Gasteiger partial charge in [0.15, 0.2) is 0 Å². The molecule has 1 N–H and O–H groups in total. The van der Waals surface area contributed by atoms with Crippen LogP contribution in [0.2, 0.25) is 0 Å². The highest BCUT2D eigenvalue weighted by Crippen LogP contribution is 2.32. The molecule has 0 spiro atoms. The quantitative estimate of drug-likeness (QED) is 0.737. The van der Waals surface area contributed by atoms with Crippen molar-refractivity contribution in [3.8, 4) is 11.3 Å². The second-order valence-corrected chi connectivity index (χ2v) is 5.77. The summed E-state index contributed by atoms with van der Waals surface area (Å²) in [6, 6.07) is 13.2. The van der Waals surface area contributed by atoms with Gasteiger partial charge in [-0.25, -0.2) is 0 Å². The molecule has 1 aromatic heterocycles. The van der Waals surface area contributed by atoms with Gasteiger partial charge in [-0.05, 0) is 36.0 Å². The molecular formula is C18H25N. The summed E-state index contributed by atoms with van der Waals surface area (Å²) < 4.78 is 0. The van der Waals surface area contributed by atoms with Crippen LogP contribution in [0.5, 0.6) is 0 Å². The van der Waals surface area contributed by atoms with Crippen LogP contribution in [0.4, 0.5) is 0 Å². The normalized spacial score (nSPS) is 12.9. The van der Waals surface area contributed by atoms with E-state index in [9.17, 15) is 0 Å². The van der Waals surface area contributed by atoms with Crippen molar-refractivity contribution in [2.45, 2.75) is 46.5 Å². The minimum absolute atomic E-state index is 0.578. The minimum atomic E-state index is 0.578. The number of aromatic nitrogens is 1. The summed E-state index contributed by atoms with van der Waals surface area (Å²) in [5, 5.41) is 0. The van der Waals surface area contributed by atoms with Crippen molar-refractivity contribution in [3.63, 3.8) is 0 Å². The summed E-state index contributed by atoms with van der Waals surface area (Å²) in [4.78, 5) is 3.56. The first-order valence-electron chi connectivity index (χ1n) is 7.40. The van der Waals surface area contributed by atoms with Crippen molar-refractivity contribution in [3.05, 3.63) is 47.7 Å². The lowest BCUT2D eigenvalue weighted by Gasteiger charge is -2.19. The van der Waals surface area contributed by atoms with Crippen molar-refractivity contribution in [1.29, 1.82) is 0 Å². The summed E-state index contributed by atoms with van der Waals surface area (Å²) in [7, 11) is 0. The van der Waals surface area contributed by atoms with Crippen LogP contribution < -0.4 is 0 Å². The summed E-state index contributed by atoms with van der Waals surface area (Å²) in [5.74, 6) is 1.24. The van der Waals surface area contributed by atoms with Crippen LogP contribution in [0, 0.1) is 5.92 Å². The van der Waals surface area contributed by atoms with E-state index >= 15 is 0 Å². The van der Waals surface area contributed by atoms with Gasteiger partial charge in [0.05, 0.1) is 0 Å². The maximum absolute atomic E-state index is 3.56. The van der Waals surface area contributed by atoms with E-state index in [2.05, 4.69) is 69.1 Å². The summed E-state index contributed by atoms with van der Waals surface area (Å²) in [6.45, 7) is 9.12. The molecule has 1 aromatic carbocycles. The van der Waals surface area contributed by atoms with Gasteiger partial charge in [-0.15, -0.1) is 0 Å². The Bertz CT molecular complexity index is 522. The lowest BCUT2D eigenvalue weighted by atomic mass is 9.86. The molecule has 0 bridgehead atoms. The van der Waals surface area contributed by atoms with Crippen LogP contribution in [0.3, 0.4) is 0 Å². The van der Waals surface area contributed by atoms with Crippen LogP contribution in [-0.2, 0) is 6.42 Å². The SMILES string of the molecule is CCCc1ccc(-c2ccccc2[C@H](C)C(C)C)[nH]1. The molecule has 0 unspecified atom stereocenters. The van der Waals surface area contributed by atoms with E-state index in [1.165, 1.54) is 28.9 Å². The molecule has 0 saturated carbocycles. The molecule has 1 heteroatoms. The van der Waals surface area contributed by atoms with Gasteiger partial charge in [0, 0.05) is 17.0 Å². The van der Waals surface area contributed by atoms with Crippen molar-refractivity contribution in [2.24, 2.45) is 5.92 Å². The van der Waals surface area contributed by atoms with Gasteiger partial charge >= 0.3 is 0 Å². The molecule has 0 fully saturated rings. The second-order valence-electron chi connectivity index (χ2n) is 5.77. The third-order valence-electron chi connectivity index (χ3n) is 4.01. The van der Waals surface area contributed by atoms with Gasteiger partial charge in [-0.3, -0.25) is 0 Å². The molecule has 1 atom stereocenters. The lowest BCUT2D eigenvalue weighted by Crippen LogP contribution is -2.03. The van der Waals surface area contributed by atoms with Crippen LogP contribution in [-0.4, -0.2) is 4.98 Å². The van der Waals surface area contributed by atoms with Crippen molar-refractivity contribution in [2.75, 3.05) is 0 Å². The van der Waals surface area contributed by atoms with E-state index in [0.717, 1.165) is 6.42 Å². The minimum Gasteiger partial charge on any atom is -0.358 e. The number of nitrogens with one attached hydrogen (secondary N) is 1. The highest BCUT2D eigenvalue weighted by molar-refractivity contribution is 5.65. The first-order valence-corrected chi connectivity index (χ1v) is 7.40. The zero-order chi connectivity index (χ0) is 13.8. The largest absolute Gasteiger partial charge is 0.358 e. The molecule has 0 aliphatic heterocycles. The maximum Gasteiger partial charge on any atom is 0.0458 e. The first kappa shape index (κ1) is 13.9. The molecule has 0 amide bonds. The summed E-state index contributed by atoms with van der Waals surface area (Å²) in [5.41, 5.74) is 5.39. The third-order valence-corrected chi connectivity index (χ3v) is 4.01. The highest BCUT2D eigenvalue weighted by atomic mass is 14.7. The molecule has 2 aromatic rings. The third kappa shape index (κ3) is 3.09. The van der Waals surface area contributed by atoms with Crippen LogP contribution in [0.25, 0.3) is 11.3 Å². The monoisotopic (exact) mass is 255 g/mol. The topological polar surface area (TPSA) is 15.8 Å². The standard InChI is InChI=1S/C18H25N/c1-5-8-15-11-12-18(19-15)17-10-7-6-9-16(17)14(4)13(2)3/h6-7,9-14,19H,5,8H2,1-4H3/t14-/m1/s1. The summed E-state index contributed by atoms with van der Waals surface area (Å²) in [6.07, 6.45) is 2.31. The predicted molar refractivity (Wildman–Crippen MR) is 83.5 cm³/mol. The van der Waals surface area contributed by atoms with E-state index in [-0.39, 0.29) is 0 Å². The number of aryl methyl sites for hydroxylation is 1. The second kappa shape index (κ2) is 6.10. The fourth-order valence-corrected chi connectivity index (χ4v) is 2.51. The molecule has 0 radical (unpaired) electrons. The fraction of sp³-hybridized carbons (Fsp3) is 0.444. The molecule has 0 aliphatic carbocycles. The molecular weight excluding hydrogens is 230 g/mol. The maximum atomic E-state index is 3.56. The Morgan fingerprint density at radius 2 is 1.74 bits per heavy atom. The van der Waals surface area contributed by atoms with E-state index in [1.807, 2.05) is 0 Å². The van der Waals surface area contributed by atoms with Crippen LogP contribution in [0.1, 0.15) is 51.3 Å². The molecule has 19 heavy (non-hydrogen) atoms. The van der Waals surface area contributed by atoms with E-state index in [4.69, 9.17) is 0 Å². The Kier molecular flexibility index (Phi) is 4.47. The predicted octanol–water partition coefficient (Wildman–Crippen LogP) is 5.39. The van der Waals surface area contributed by atoms with Crippen molar-refractivity contribution < 1.29 is 0 Å². The number of hydrogen-bond acceptors (Lipinski definition) is 0. The summed E-state index contributed by atoms with van der Waals surface area (Å²) >= 11 is 0. The average molecular weight is 255 g/mol. The Morgan fingerprint density at radius 1 is 1.00 bits per heavy atom. The number of hydrogen-bond donors (Lipinski definition) is 1. The average Bonchev–Trinajstić information content (AvgIpc) is 2.87.